The Labute approximate surface area is 136 Å². The van der Waals surface area contributed by atoms with E-state index in [-0.39, 0.29) is 5.78 Å². The quantitative estimate of drug-likeness (QED) is 0.466. The van der Waals surface area contributed by atoms with Crippen molar-refractivity contribution in [2.45, 2.75) is 13.3 Å². The first-order valence-corrected chi connectivity index (χ1v) is 7.73. The van der Waals surface area contributed by atoms with Crippen molar-refractivity contribution < 1.29 is 9.21 Å². The van der Waals surface area contributed by atoms with Crippen molar-refractivity contribution in [2.24, 2.45) is 0 Å². The molecule has 0 atom stereocenters. The molecule has 2 heteroatoms. The minimum Gasteiger partial charge on any atom is -0.457 e. The molecule has 3 aromatic rings. The third kappa shape index (κ3) is 3.67. The zero-order valence-electron chi connectivity index (χ0n) is 13.0. The largest absolute Gasteiger partial charge is 0.457 e. The summed E-state index contributed by atoms with van der Waals surface area (Å²) in [6.45, 7) is 2.10. The van der Waals surface area contributed by atoms with E-state index in [1.165, 1.54) is 5.56 Å². The summed E-state index contributed by atoms with van der Waals surface area (Å²) >= 11 is 0. The van der Waals surface area contributed by atoms with Crippen LogP contribution in [0.25, 0.3) is 17.4 Å². The molecule has 0 bridgehead atoms. The first-order valence-electron chi connectivity index (χ1n) is 7.73. The second kappa shape index (κ2) is 6.93. The summed E-state index contributed by atoms with van der Waals surface area (Å²) in [5.74, 6) is 1.44. The molecule has 0 fully saturated rings. The van der Waals surface area contributed by atoms with E-state index in [4.69, 9.17) is 4.42 Å². The summed E-state index contributed by atoms with van der Waals surface area (Å²) in [4.78, 5) is 12.2. The number of furan rings is 1. The van der Waals surface area contributed by atoms with Crippen LogP contribution in [0.1, 0.15) is 28.6 Å². The van der Waals surface area contributed by atoms with Crippen LogP contribution in [0, 0.1) is 0 Å². The molecule has 2 nitrogen and oxygen atoms in total. The molecule has 0 unspecified atom stereocenters. The molecule has 2 aromatic carbocycles. The molecule has 0 aliphatic rings. The Hall–Kier alpha value is -2.87. The van der Waals surface area contributed by atoms with Crippen LogP contribution >= 0.6 is 0 Å². The van der Waals surface area contributed by atoms with Crippen LogP contribution in [0.5, 0.6) is 0 Å². The van der Waals surface area contributed by atoms with Gasteiger partial charge in [0, 0.05) is 11.1 Å². The molecule has 0 aliphatic heterocycles. The van der Waals surface area contributed by atoms with Gasteiger partial charge in [-0.2, -0.15) is 0 Å². The molecule has 114 valence electrons. The summed E-state index contributed by atoms with van der Waals surface area (Å²) < 4.78 is 5.75. The van der Waals surface area contributed by atoms with Crippen LogP contribution < -0.4 is 0 Å². The second-order valence-corrected chi connectivity index (χ2v) is 5.32. The monoisotopic (exact) mass is 302 g/mol. The van der Waals surface area contributed by atoms with Gasteiger partial charge in [0.05, 0.1) is 0 Å². The molecular weight excluding hydrogens is 284 g/mol. The molecule has 0 aliphatic carbocycles. The van der Waals surface area contributed by atoms with Crippen LogP contribution in [0.2, 0.25) is 0 Å². The van der Waals surface area contributed by atoms with Crippen LogP contribution in [0.4, 0.5) is 0 Å². The van der Waals surface area contributed by atoms with E-state index in [0.717, 1.165) is 17.7 Å². The summed E-state index contributed by atoms with van der Waals surface area (Å²) in [5.41, 5.74) is 2.94. The molecule has 1 aromatic heterocycles. The van der Waals surface area contributed by atoms with Crippen LogP contribution in [-0.4, -0.2) is 5.78 Å². The topological polar surface area (TPSA) is 30.2 Å². The lowest BCUT2D eigenvalue weighted by Crippen LogP contribution is -1.94. The van der Waals surface area contributed by atoms with Crippen LogP contribution in [-0.2, 0) is 6.42 Å². The molecular formula is C21H18O2. The minimum absolute atomic E-state index is 0.0229. The lowest BCUT2D eigenvalue weighted by molar-refractivity contribution is 0.104. The molecule has 0 amide bonds. The third-order valence-corrected chi connectivity index (χ3v) is 3.73. The number of hydrogen-bond acceptors (Lipinski definition) is 2. The maximum Gasteiger partial charge on any atom is 0.185 e. The Morgan fingerprint density at radius 3 is 2.39 bits per heavy atom. The fraction of sp³-hybridized carbons (Fsp3) is 0.0952. The van der Waals surface area contributed by atoms with Gasteiger partial charge in [-0.25, -0.2) is 0 Å². The number of ketones is 1. The summed E-state index contributed by atoms with van der Waals surface area (Å²) in [6.07, 6.45) is 4.23. The number of benzene rings is 2. The molecule has 3 rings (SSSR count). The van der Waals surface area contributed by atoms with E-state index in [1.807, 2.05) is 66.7 Å². The molecule has 0 N–H and O–H groups in total. The fourth-order valence-corrected chi connectivity index (χ4v) is 2.36. The highest BCUT2D eigenvalue weighted by Crippen LogP contribution is 2.22. The number of aryl methyl sites for hydroxylation is 1. The van der Waals surface area contributed by atoms with Crippen LogP contribution in [0.3, 0.4) is 0 Å². The van der Waals surface area contributed by atoms with Gasteiger partial charge in [0.15, 0.2) is 5.78 Å². The normalized spacial score (nSPS) is 11.0. The SMILES string of the molecule is CCc1ccc(C(=O)C=Cc2ccc(-c3ccccc3)o2)cc1. The average molecular weight is 302 g/mol. The molecule has 0 saturated heterocycles. The Morgan fingerprint density at radius 1 is 0.957 bits per heavy atom. The zero-order valence-corrected chi connectivity index (χ0v) is 13.0. The second-order valence-electron chi connectivity index (χ2n) is 5.32. The van der Waals surface area contributed by atoms with Crippen molar-refractivity contribution >= 4 is 11.9 Å². The van der Waals surface area contributed by atoms with Crippen LogP contribution in [0.15, 0.2) is 77.2 Å². The first-order chi connectivity index (χ1) is 11.3. The highest BCUT2D eigenvalue weighted by atomic mass is 16.3. The Kier molecular flexibility index (Phi) is 4.53. The van der Waals surface area contributed by atoms with Crippen molar-refractivity contribution in [1.82, 2.24) is 0 Å². The summed E-state index contributed by atoms with van der Waals surface area (Å²) in [6, 6.07) is 21.4. The maximum atomic E-state index is 12.2. The van der Waals surface area contributed by atoms with E-state index in [2.05, 4.69) is 6.92 Å². The van der Waals surface area contributed by atoms with Crippen molar-refractivity contribution in [1.29, 1.82) is 0 Å². The van der Waals surface area contributed by atoms with Gasteiger partial charge in [-0.3, -0.25) is 4.79 Å². The van der Waals surface area contributed by atoms with E-state index < -0.39 is 0 Å². The number of hydrogen-bond donors (Lipinski definition) is 0. The van der Waals surface area contributed by atoms with Gasteiger partial charge in [-0.15, -0.1) is 0 Å². The predicted molar refractivity (Wildman–Crippen MR) is 93.3 cm³/mol. The maximum absolute atomic E-state index is 12.2. The van der Waals surface area contributed by atoms with E-state index in [1.54, 1.807) is 12.2 Å². The number of carbonyl (C=O) groups excluding carboxylic acids is 1. The van der Waals surface area contributed by atoms with Gasteiger partial charge in [0.1, 0.15) is 11.5 Å². The van der Waals surface area contributed by atoms with Gasteiger partial charge in [-0.05, 0) is 36.3 Å². The Bertz CT molecular complexity index is 809. The van der Waals surface area contributed by atoms with E-state index in [0.29, 0.717) is 11.3 Å². The third-order valence-electron chi connectivity index (χ3n) is 3.73. The number of allylic oxidation sites excluding steroid dienone is 1. The van der Waals surface area contributed by atoms with Gasteiger partial charge < -0.3 is 4.42 Å². The van der Waals surface area contributed by atoms with Crippen molar-refractivity contribution in [2.75, 3.05) is 0 Å². The van der Waals surface area contributed by atoms with E-state index >= 15 is 0 Å². The summed E-state index contributed by atoms with van der Waals surface area (Å²) in [7, 11) is 0. The van der Waals surface area contributed by atoms with Gasteiger partial charge >= 0.3 is 0 Å². The lowest BCUT2D eigenvalue weighted by atomic mass is 10.1. The Morgan fingerprint density at radius 2 is 1.70 bits per heavy atom. The van der Waals surface area contributed by atoms with Crippen molar-refractivity contribution in [3.05, 3.63) is 89.7 Å². The van der Waals surface area contributed by atoms with Crippen molar-refractivity contribution in [3.63, 3.8) is 0 Å². The standard InChI is InChI=1S/C21H18O2/c1-2-16-8-10-17(11-9-16)20(22)14-12-19-13-15-21(23-19)18-6-4-3-5-7-18/h3-15H,2H2,1H3. The average Bonchev–Trinajstić information content (AvgIpc) is 3.09. The van der Waals surface area contributed by atoms with Gasteiger partial charge in [-0.1, -0.05) is 61.5 Å². The molecule has 23 heavy (non-hydrogen) atoms. The molecule has 1 heterocycles. The Balaban J connectivity index is 1.72. The van der Waals surface area contributed by atoms with Crippen molar-refractivity contribution in [3.8, 4) is 11.3 Å². The first kappa shape index (κ1) is 15.0. The predicted octanol–water partition coefficient (Wildman–Crippen LogP) is 5.41. The smallest absolute Gasteiger partial charge is 0.185 e. The summed E-state index contributed by atoms with van der Waals surface area (Å²) in [5, 5.41) is 0. The highest BCUT2D eigenvalue weighted by molar-refractivity contribution is 6.06. The zero-order chi connectivity index (χ0) is 16.1. The fourth-order valence-electron chi connectivity index (χ4n) is 2.36. The molecule has 0 saturated carbocycles. The van der Waals surface area contributed by atoms with Gasteiger partial charge in [0.2, 0.25) is 0 Å². The minimum atomic E-state index is -0.0229. The molecule has 0 spiro atoms. The lowest BCUT2D eigenvalue weighted by Gasteiger charge is -1.98. The number of carbonyl (C=O) groups is 1. The van der Waals surface area contributed by atoms with E-state index in [9.17, 15) is 4.79 Å². The van der Waals surface area contributed by atoms with Gasteiger partial charge in [0.25, 0.3) is 0 Å². The number of rotatable bonds is 5. The highest BCUT2D eigenvalue weighted by Gasteiger charge is 2.04. The molecule has 0 radical (unpaired) electrons.